The molecule has 1 atom stereocenters. The number of nitrogens with one attached hydrogen (secondary N) is 2. The molecule has 1 amide bonds. The fourth-order valence-corrected chi connectivity index (χ4v) is 2.15. The van der Waals surface area contributed by atoms with Gasteiger partial charge >= 0.3 is 0 Å². The fourth-order valence-electron chi connectivity index (χ4n) is 2.15. The van der Waals surface area contributed by atoms with Gasteiger partial charge in [0.15, 0.2) is 0 Å². The van der Waals surface area contributed by atoms with Crippen LogP contribution >= 0.6 is 0 Å². The van der Waals surface area contributed by atoms with Gasteiger partial charge in [-0.25, -0.2) is 0 Å². The quantitative estimate of drug-likeness (QED) is 0.820. The molecule has 0 spiro atoms. The van der Waals surface area contributed by atoms with Crippen LogP contribution in [0.5, 0.6) is 5.75 Å². The van der Waals surface area contributed by atoms with E-state index in [-0.39, 0.29) is 11.9 Å². The Kier molecular flexibility index (Phi) is 4.59. The van der Waals surface area contributed by atoms with E-state index >= 15 is 0 Å². The molecule has 0 radical (unpaired) electrons. The number of hydrogen-bond donors (Lipinski definition) is 2. The van der Waals surface area contributed by atoms with E-state index in [1.54, 1.807) is 7.11 Å². The summed E-state index contributed by atoms with van der Waals surface area (Å²) in [4.78, 5) is 11.7. The molecule has 1 aliphatic rings. The number of methoxy groups -OCH3 is 1. The predicted molar refractivity (Wildman–Crippen MR) is 70.7 cm³/mol. The van der Waals surface area contributed by atoms with E-state index in [4.69, 9.17) is 4.74 Å². The molecule has 1 unspecified atom stereocenters. The topological polar surface area (TPSA) is 50.4 Å². The van der Waals surface area contributed by atoms with Gasteiger partial charge in [0, 0.05) is 6.54 Å². The summed E-state index contributed by atoms with van der Waals surface area (Å²) in [6, 6.07) is 7.95. The van der Waals surface area contributed by atoms with Crippen molar-refractivity contribution in [3.8, 4) is 5.75 Å². The molecule has 0 aromatic heterocycles. The molecule has 2 rings (SSSR count). The van der Waals surface area contributed by atoms with Crippen LogP contribution in [0, 0.1) is 0 Å². The third-order valence-electron chi connectivity index (χ3n) is 3.25. The third kappa shape index (κ3) is 3.47. The summed E-state index contributed by atoms with van der Waals surface area (Å²) in [6.07, 6.45) is 2.90. The Bertz CT molecular complexity index is 383. The van der Waals surface area contributed by atoms with Gasteiger partial charge in [-0.1, -0.05) is 12.1 Å². The Morgan fingerprint density at radius 2 is 2.22 bits per heavy atom. The molecular formula is C14H20N2O2. The molecule has 18 heavy (non-hydrogen) atoms. The Hall–Kier alpha value is -1.55. The van der Waals surface area contributed by atoms with E-state index in [9.17, 15) is 4.79 Å². The molecule has 1 aromatic carbocycles. The lowest BCUT2D eigenvalue weighted by Crippen LogP contribution is -2.41. The van der Waals surface area contributed by atoms with Crippen molar-refractivity contribution in [3.05, 3.63) is 29.8 Å². The van der Waals surface area contributed by atoms with Gasteiger partial charge in [0.1, 0.15) is 5.75 Å². The van der Waals surface area contributed by atoms with Gasteiger partial charge in [-0.2, -0.15) is 0 Å². The molecular weight excluding hydrogens is 228 g/mol. The molecule has 4 heteroatoms. The molecule has 1 aliphatic heterocycles. The Balaban J connectivity index is 1.72. The van der Waals surface area contributed by atoms with E-state index in [0.29, 0.717) is 6.54 Å². The molecule has 1 heterocycles. The predicted octanol–water partition coefficient (Wildman–Crippen LogP) is 1.11. The van der Waals surface area contributed by atoms with Gasteiger partial charge in [-0.05, 0) is 43.5 Å². The zero-order chi connectivity index (χ0) is 12.8. The van der Waals surface area contributed by atoms with Crippen molar-refractivity contribution in [1.29, 1.82) is 0 Å². The minimum Gasteiger partial charge on any atom is -0.497 e. The van der Waals surface area contributed by atoms with Gasteiger partial charge in [0.25, 0.3) is 0 Å². The maximum Gasteiger partial charge on any atom is 0.237 e. The van der Waals surface area contributed by atoms with Crippen LogP contribution in [0.1, 0.15) is 18.4 Å². The lowest BCUT2D eigenvalue weighted by Gasteiger charge is -2.11. The average Bonchev–Trinajstić information content (AvgIpc) is 2.93. The molecule has 1 aromatic rings. The normalized spacial score (nSPS) is 18.6. The average molecular weight is 248 g/mol. The lowest BCUT2D eigenvalue weighted by molar-refractivity contribution is -0.122. The number of amides is 1. The molecule has 0 saturated carbocycles. The monoisotopic (exact) mass is 248 g/mol. The van der Waals surface area contributed by atoms with Crippen LogP contribution in [0.25, 0.3) is 0 Å². The van der Waals surface area contributed by atoms with Crippen LogP contribution in [0.4, 0.5) is 0 Å². The smallest absolute Gasteiger partial charge is 0.237 e. The van der Waals surface area contributed by atoms with Crippen LogP contribution in [-0.4, -0.2) is 32.1 Å². The van der Waals surface area contributed by atoms with Crippen LogP contribution in [0.2, 0.25) is 0 Å². The highest BCUT2D eigenvalue weighted by atomic mass is 16.5. The Morgan fingerprint density at radius 3 is 2.83 bits per heavy atom. The first-order valence-electron chi connectivity index (χ1n) is 6.43. The standard InChI is InChI=1S/C14H20N2O2/c1-18-12-6-4-11(5-7-12)8-10-16-14(17)13-3-2-9-15-13/h4-7,13,15H,2-3,8-10H2,1H3,(H,16,17). The summed E-state index contributed by atoms with van der Waals surface area (Å²) < 4.78 is 5.10. The van der Waals surface area contributed by atoms with Gasteiger partial charge in [-0.15, -0.1) is 0 Å². The Labute approximate surface area is 108 Å². The summed E-state index contributed by atoms with van der Waals surface area (Å²) in [5.41, 5.74) is 1.20. The summed E-state index contributed by atoms with van der Waals surface area (Å²) >= 11 is 0. The first kappa shape index (κ1) is 12.9. The van der Waals surface area contributed by atoms with E-state index in [0.717, 1.165) is 31.6 Å². The van der Waals surface area contributed by atoms with Gasteiger partial charge < -0.3 is 15.4 Å². The van der Waals surface area contributed by atoms with Crippen molar-refractivity contribution in [2.24, 2.45) is 0 Å². The molecule has 1 fully saturated rings. The Morgan fingerprint density at radius 1 is 1.44 bits per heavy atom. The second-order valence-electron chi connectivity index (χ2n) is 4.54. The number of carbonyl (C=O) groups excluding carboxylic acids is 1. The number of rotatable bonds is 5. The molecule has 98 valence electrons. The van der Waals surface area contributed by atoms with E-state index < -0.39 is 0 Å². The number of benzene rings is 1. The minimum absolute atomic E-state index is 0.0147. The molecule has 2 N–H and O–H groups in total. The minimum atomic E-state index is 0.0147. The third-order valence-corrected chi connectivity index (χ3v) is 3.25. The lowest BCUT2D eigenvalue weighted by atomic mass is 10.1. The molecule has 0 aliphatic carbocycles. The highest BCUT2D eigenvalue weighted by Gasteiger charge is 2.21. The number of hydrogen-bond acceptors (Lipinski definition) is 3. The van der Waals surface area contributed by atoms with Gasteiger partial charge in [-0.3, -0.25) is 4.79 Å². The van der Waals surface area contributed by atoms with Gasteiger partial charge in [0.2, 0.25) is 5.91 Å². The second kappa shape index (κ2) is 6.40. The van der Waals surface area contributed by atoms with Crippen LogP contribution < -0.4 is 15.4 Å². The van der Waals surface area contributed by atoms with Crippen molar-refractivity contribution < 1.29 is 9.53 Å². The van der Waals surface area contributed by atoms with Crippen molar-refractivity contribution in [2.75, 3.05) is 20.2 Å². The van der Waals surface area contributed by atoms with Crippen molar-refractivity contribution in [3.63, 3.8) is 0 Å². The summed E-state index contributed by atoms with van der Waals surface area (Å²) in [7, 11) is 1.66. The van der Waals surface area contributed by atoms with Crippen molar-refractivity contribution >= 4 is 5.91 Å². The SMILES string of the molecule is COc1ccc(CCNC(=O)C2CCCN2)cc1. The molecule has 4 nitrogen and oxygen atoms in total. The zero-order valence-corrected chi connectivity index (χ0v) is 10.7. The van der Waals surface area contributed by atoms with E-state index in [1.165, 1.54) is 5.56 Å². The van der Waals surface area contributed by atoms with Crippen molar-refractivity contribution in [2.45, 2.75) is 25.3 Å². The first-order valence-corrected chi connectivity index (χ1v) is 6.43. The number of ether oxygens (including phenoxy) is 1. The summed E-state index contributed by atoms with van der Waals surface area (Å²) in [5.74, 6) is 0.985. The highest BCUT2D eigenvalue weighted by molar-refractivity contribution is 5.81. The zero-order valence-electron chi connectivity index (χ0n) is 10.7. The second-order valence-corrected chi connectivity index (χ2v) is 4.54. The van der Waals surface area contributed by atoms with Crippen LogP contribution in [0.3, 0.4) is 0 Å². The maximum atomic E-state index is 11.7. The van der Waals surface area contributed by atoms with E-state index in [1.807, 2.05) is 24.3 Å². The summed E-state index contributed by atoms with van der Waals surface area (Å²) in [5, 5.41) is 6.16. The first-order chi connectivity index (χ1) is 8.79. The summed E-state index contributed by atoms with van der Waals surface area (Å²) in [6.45, 7) is 1.64. The highest BCUT2D eigenvalue weighted by Crippen LogP contribution is 2.11. The number of carbonyl (C=O) groups is 1. The van der Waals surface area contributed by atoms with E-state index in [2.05, 4.69) is 10.6 Å². The molecule has 0 bridgehead atoms. The van der Waals surface area contributed by atoms with Crippen LogP contribution in [-0.2, 0) is 11.2 Å². The fraction of sp³-hybridized carbons (Fsp3) is 0.500. The van der Waals surface area contributed by atoms with Crippen molar-refractivity contribution in [1.82, 2.24) is 10.6 Å². The maximum absolute atomic E-state index is 11.7. The van der Waals surface area contributed by atoms with Gasteiger partial charge in [0.05, 0.1) is 13.2 Å². The van der Waals surface area contributed by atoms with Crippen LogP contribution in [0.15, 0.2) is 24.3 Å². The molecule has 1 saturated heterocycles. The largest absolute Gasteiger partial charge is 0.497 e.